The van der Waals surface area contributed by atoms with E-state index in [1.54, 1.807) is 11.3 Å². The lowest BCUT2D eigenvalue weighted by molar-refractivity contribution is -0.126. The minimum Gasteiger partial charge on any atom is -0.478 e. The van der Waals surface area contributed by atoms with E-state index in [1.807, 2.05) is 60.4 Å². The van der Waals surface area contributed by atoms with Crippen molar-refractivity contribution in [3.05, 3.63) is 102 Å². The van der Waals surface area contributed by atoms with E-state index < -0.39 is 6.10 Å². The first-order valence-corrected chi connectivity index (χ1v) is 12.7. The van der Waals surface area contributed by atoms with Crippen molar-refractivity contribution in [3.8, 4) is 27.6 Å². The Hall–Kier alpha value is -3.96. The van der Waals surface area contributed by atoms with Crippen LogP contribution >= 0.6 is 11.3 Å². The van der Waals surface area contributed by atoms with E-state index in [2.05, 4.69) is 47.8 Å². The molecular formula is C30H24N2O2S. The van der Waals surface area contributed by atoms with Gasteiger partial charge in [0.25, 0.3) is 5.91 Å². The van der Waals surface area contributed by atoms with Gasteiger partial charge in [0.2, 0.25) is 0 Å². The van der Waals surface area contributed by atoms with Crippen LogP contribution in [0.1, 0.15) is 18.9 Å². The molecule has 0 spiro atoms. The number of carbonyl (C=O) groups excluding carboxylic acids is 1. The third-order valence-electron chi connectivity index (χ3n) is 6.46. The number of benzene rings is 4. The molecule has 0 fully saturated rings. The normalized spacial score (nSPS) is 15.2. The van der Waals surface area contributed by atoms with Crippen LogP contribution in [0.4, 0.5) is 5.69 Å². The van der Waals surface area contributed by atoms with Crippen LogP contribution in [0, 0.1) is 0 Å². The Morgan fingerprint density at radius 1 is 0.914 bits per heavy atom. The highest BCUT2D eigenvalue weighted by atomic mass is 32.1. The lowest BCUT2D eigenvalue weighted by atomic mass is 10.0. The Bertz CT molecular complexity index is 1520. The van der Waals surface area contributed by atoms with E-state index in [1.165, 1.54) is 5.39 Å². The van der Waals surface area contributed by atoms with Gasteiger partial charge < -0.3 is 9.64 Å². The number of carbonyl (C=O) groups is 1. The number of thiazole rings is 1. The first-order valence-electron chi connectivity index (χ1n) is 11.8. The first kappa shape index (κ1) is 21.6. The summed E-state index contributed by atoms with van der Waals surface area (Å²) in [5.41, 5.74) is 4.87. The highest BCUT2D eigenvalue weighted by Gasteiger charge is 2.34. The van der Waals surface area contributed by atoms with Gasteiger partial charge in [-0.2, -0.15) is 0 Å². The molecule has 2 heterocycles. The zero-order valence-corrected chi connectivity index (χ0v) is 20.2. The molecule has 6 rings (SSSR count). The van der Waals surface area contributed by atoms with E-state index >= 15 is 0 Å². The van der Waals surface area contributed by atoms with Gasteiger partial charge in [-0.15, -0.1) is 11.3 Å². The van der Waals surface area contributed by atoms with Crippen molar-refractivity contribution in [2.45, 2.75) is 26.0 Å². The highest BCUT2D eigenvalue weighted by Crippen LogP contribution is 2.40. The molecule has 0 radical (unpaired) electrons. The quantitative estimate of drug-likeness (QED) is 0.267. The van der Waals surface area contributed by atoms with Crippen LogP contribution in [0.5, 0.6) is 5.75 Å². The molecule has 0 bridgehead atoms. The van der Waals surface area contributed by atoms with Gasteiger partial charge in [-0.25, -0.2) is 4.98 Å². The highest BCUT2D eigenvalue weighted by molar-refractivity contribution is 7.13. The number of aromatic nitrogens is 1. The van der Waals surface area contributed by atoms with Crippen LogP contribution in [-0.4, -0.2) is 17.0 Å². The number of fused-ring (bicyclic) bond motifs is 2. The fourth-order valence-corrected chi connectivity index (χ4v) is 5.46. The van der Waals surface area contributed by atoms with Gasteiger partial charge in [0.05, 0.1) is 17.9 Å². The number of hydrogen-bond donors (Lipinski definition) is 0. The minimum absolute atomic E-state index is 0.00617. The zero-order chi connectivity index (χ0) is 23.8. The fraction of sp³-hybridized carbons (Fsp3) is 0.133. The predicted molar refractivity (Wildman–Crippen MR) is 143 cm³/mol. The van der Waals surface area contributed by atoms with E-state index in [4.69, 9.17) is 9.72 Å². The number of hydrogen-bond acceptors (Lipinski definition) is 4. The summed E-state index contributed by atoms with van der Waals surface area (Å²) < 4.78 is 6.11. The minimum atomic E-state index is -0.479. The van der Waals surface area contributed by atoms with E-state index in [9.17, 15) is 4.79 Å². The summed E-state index contributed by atoms with van der Waals surface area (Å²) in [6, 6.07) is 30.8. The Morgan fingerprint density at radius 3 is 2.57 bits per heavy atom. The molecule has 5 aromatic rings. The van der Waals surface area contributed by atoms with Crippen molar-refractivity contribution in [2.75, 3.05) is 4.90 Å². The smallest absolute Gasteiger partial charge is 0.268 e. The average molecular weight is 477 g/mol. The fourth-order valence-electron chi connectivity index (χ4n) is 4.62. The van der Waals surface area contributed by atoms with Gasteiger partial charge in [0, 0.05) is 16.5 Å². The molecule has 35 heavy (non-hydrogen) atoms. The Morgan fingerprint density at radius 2 is 1.71 bits per heavy atom. The summed E-state index contributed by atoms with van der Waals surface area (Å²) in [5.74, 6) is 0.729. The molecule has 1 atom stereocenters. The van der Waals surface area contributed by atoms with Gasteiger partial charge in [-0.3, -0.25) is 4.79 Å². The van der Waals surface area contributed by atoms with Crippen molar-refractivity contribution in [1.82, 2.24) is 4.98 Å². The summed E-state index contributed by atoms with van der Waals surface area (Å²) in [4.78, 5) is 20.2. The zero-order valence-electron chi connectivity index (χ0n) is 19.3. The van der Waals surface area contributed by atoms with Gasteiger partial charge in [0.15, 0.2) is 6.10 Å². The average Bonchev–Trinajstić information content (AvgIpc) is 3.41. The van der Waals surface area contributed by atoms with E-state index in [0.29, 0.717) is 13.0 Å². The van der Waals surface area contributed by atoms with Crippen LogP contribution in [0.3, 0.4) is 0 Å². The van der Waals surface area contributed by atoms with Crippen LogP contribution in [0.2, 0.25) is 0 Å². The molecule has 0 saturated heterocycles. The molecule has 4 aromatic carbocycles. The van der Waals surface area contributed by atoms with Gasteiger partial charge in [-0.1, -0.05) is 79.7 Å². The molecule has 4 nitrogen and oxygen atoms in total. The SMILES string of the molecule is CCC1Oc2ccc(-c3csc(-c4ccccc4)n3)cc2N(Cc2cccc3ccccc23)C1=O. The summed E-state index contributed by atoms with van der Waals surface area (Å²) in [7, 11) is 0. The van der Waals surface area contributed by atoms with Crippen molar-refractivity contribution in [3.63, 3.8) is 0 Å². The van der Waals surface area contributed by atoms with Crippen LogP contribution in [0.15, 0.2) is 96.4 Å². The maximum atomic E-state index is 13.5. The van der Waals surface area contributed by atoms with E-state index in [-0.39, 0.29) is 5.91 Å². The number of nitrogens with zero attached hydrogens (tertiary/aromatic N) is 2. The summed E-state index contributed by atoms with van der Waals surface area (Å²) in [6.45, 7) is 2.47. The molecule has 0 aliphatic carbocycles. The molecule has 1 aliphatic heterocycles. The van der Waals surface area contributed by atoms with Crippen LogP contribution in [-0.2, 0) is 11.3 Å². The summed E-state index contributed by atoms with van der Waals surface area (Å²) >= 11 is 1.62. The van der Waals surface area contributed by atoms with Crippen molar-refractivity contribution in [1.29, 1.82) is 0 Å². The molecule has 1 aromatic heterocycles. The second kappa shape index (κ2) is 9.01. The molecular weight excluding hydrogens is 452 g/mol. The molecule has 1 amide bonds. The first-order chi connectivity index (χ1) is 17.2. The van der Waals surface area contributed by atoms with Crippen LogP contribution < -0.4 is 9.64 Å². The molecule has 5 heteroatoms. The third kappa shape index (κ3) is 3.98. The number of anilines is 1. The Labute approximate surface area is 208 Å². The lowest BCUT2D eigenvalue weighted by Gasteiger charge is -2.34. The lowest BCUT2D eigenvalue weighted by Crippen LogP contribution is -2.45. The van der Waals surface area contributed by atoms with Crippen molar-refractivity contribution in [2.24, 2.45) is 0 Å². The largest absolute Gasteiger partial charge is 0.478 e. The summed E-state index contributed by atoms with van der Waals surface area (Å²) in [6.07, 6.45) is 0.144. The number of amides is 1. The van der Waals surface area contributed by atoms with Gasteiger partial charge in [-0.05, 0) is 41.0 Å². The molecule has 0 N–H and O–H groups in total. The maximum Gasteiger partial charge on any atom is 0.268 e. The number of rotatable bonds is 5. The second-order valence-corrected chi connectivity index (χ2v) is 9.52. The standard InChI is InChI=1S/C30H24N2O2S/c1-2-27-30(33)32(18-23-13-8-12-20-9-6-7-14-24(20)23)26-17-22(15-16-28(26)34-27)25-19-35-29(31-25)21-10-4-3-5-11-21/h3-17,19,27H,2,18H2,1H3. The molecule has 1 unspecified atom stereocenters. The molecule has 0 saturated carbocycles. The Kier molecular flexibility index (Phi) is 5.55. The van der Waals surface area contributed by atoms with Gasteiger partial charge >= 0.3 is 0 Å². The predicted octanol–water partition coefficient (Wildman–Crippen LogP) is 7.33. The topological polar surface area (TPSA) is 42.4 Å². The molecule has 172 valence electrons. The Balaban J connectivity index is 1.40. The van der Waals surface area contributed by atoms with Gasteiger partial charge in [0.1, 0.15) is 10.8 Å². The second-order valence-electron chi connectivity index (χ2n) is 8.66. The monoisotopic (exact) mass is 476 g/mol. The number of ether oxygens (including phenoxy) is 1. The summed E-state index contributed by atoms with van der Waals surface area (Å²) in [5, 5.41) is 5.37. The maximum absolute atomic E-state index is 13.5. The van der Waals surface area contributed by atoms with E-state index in [0.717, 1.165) is 44.2 Å². The van der Waals surface area contributed by atoms with Crippen molar-refractivity contribution >= 4 is 33.7 Å². The van der Waals surface area contributed by atoms with Crippen molar-refractivity contribution < 1.29 is 9.53 Å². The van der Waals surface area contributed by atoms with Crippen LogP contribution in [0.25, 0.3) is 32.6 Å². The third-order valence-corrected chi connectivity index (χ3v) is 7.35. The molecule has 1 aliphatic rings.